The summed E-state index contributed by atoms with van der Waals surface area (Å²) in [7, 11) is 0. The highest BCUT2D eigenvalue weighted by molar-refractivity contribution is 5.75. The van der Waals surface area contributed by atoms with Gasteiger partial charge in [-0.15, -0.1) is 0 Å². The molecular weight excluding hydrogens is 214 g/mol. The molecule has 3 N–H and O–H groups in total. The molecule has 17 heavy (non-hydrogen) atoms. The largest absolute Gasteiger partial charge is 0.387 e. The van der Waals surface area contributed by atoms with Gasteiger partial charge in [0.2, 0.25) is 0 Å². The van der Waals surface area contributed by atoms with E-state index < -0.39 is 6.10 Å². The van der Waals surface area contributed by atoms with Crippen LogP contribution < -0.4 is 5.32 Å². The van der Waals surface area contributed by atoms with E-state index in [1.54, 1.807) is 6.33 Å². The number of aliphatic hydroxyl groups is 1. The highest BCUT2D eigenvalue weighted by atomic mass is 16.3. The van der Waals surface area contributed by atoms with Crippen LogP contribution in [-0.2, 0) is 0 Å². The van der Waals surface area contributed by atoms with Gasteiger partial charge < -0.3 is 15.4 Å². The van der Waals surface area contributed by atoms with Crippen molar-refractivity contribution < 1.29 is 5.11 Å². The molecule has 92 valence electrons. The molecule has 0 aliphatic heterocycles. The summed E-state index contributed by atoms with van der Waals surface area (Å²) in [5.41, 5.74) is 2.81. The summed E-state index contributed by atoms with van der Waals surface area (Å²) >= 11 is 0. The maximum atomic E-state index is 10.0. The lowest BCUT2D eigenvalue weighted by Crippen LogP contribution is -2.25. The first-order valence-corrected chi connectivity index (χ1v) is 5.98. The third kappa shape index (κ3) is 3.05. The molecule has 1 aromatic carbocycles. The molecule has 0 saturated heterocycles. The van der Waals surface area contributed by atoms with Crippen molar-refractivity contribution in [3.8, 4) is 0 Å². The van der Waals surface area contributed by atoms with Gasteiger partial charge in [-0.3, -0.25) is 0 Å². The molecule has 0 saturated carbocycles. The highest BCUT2D eigenvalue weighted by Gasteiger charge is 2.08. The molecule has 2 rings (SSSR count). The molecule has 2 aromatic rings. The fraction of sp³-hybridized carbons (Fsp3) is 0.462. The predicted molar refractivity (Wildman–Crippen MR) is 68.8 cm³/mol. The lowest BCUT2D eigenvalue weighted by atomic mass is 10.1. The summed E-state index contributed by atoms with van der Waals surface area (Å²) in [6, 6.07) is 5.79. The van der Waals surface area contributed by atoms with E-state index in [0.29, 0.717) is 12.5 Å². The highest BCUT2D eigenvalue weighted by Crippen LogP contribution is 2.17. The van der Waals surface area contributed by atoms with Crippen LogP contribution in [0.4, 0.5) is 0 Å². The van der Waals surface area contributed by atoms with Crippen LogP contribution in [0.25, 0.3) is 11.0 Å². The average Bonchev–Trinajstić information content (AvgIpc) is 2.75. The van der Waals surface area contributed by atoms with Crippen molar-refractivity contribution >= 4 is 11.0 Å². The Kier molecular flexibility index (Phi) is 3.76. The van der Waals surface area contributed by atoms with Gasteiger partial charge in [-0.1, -0.05) is 19.9 Å². The number of aliphatic hydroxyl groups excluding tert-OH is 1. The van der Waals surface area contributed by atoms with E-state index in [4.69, 9.17) is 0 Å². The molecule has 1 heterocycles. The smallest absolute Gasteiger partial charge is 0.0931 e. The van der Waals surface area contributed by atoms with Gasteiger partial charge in [-0.2, -0.15) is 0 Å². The Morgan fingerprint density at radius 3 is 2.94 bits per heavy atom. The van der Waals surface area contributed by atoms with Crippen molar-refractivity contribution in [1.29, 1.82) is 0 Å². The molecule has 0 radical (unpaired) electrons. The lowest BCUT2D eigenvalue weighted by molar-refractivity contribution is 0.173. The number of aromatic nitrogens is 2. The Hall–Kier alpha value is -1.39. The molecule has 0 amide bonds. The fourth-order valence-electron chi connectivity index (χ4n) is 1.79. The lowest BCUT2D eigenvalue weighted by Gasteiger charge is -2.13. The second kappa shape index (κ2) is 5.29. The zero-order valence-electron chi connectivity index (χ0n) is 10.3. The summed E-state index contributed by atoms with van der Waals surface area (Å²) in [5.74, 6) is 0.595. The predicted octanol–water partition coefficient (Wildman–Crippen LogP) is 1.84. The fourth-order valence-corrected chi connectivity index (χ4v) is 1.79. The van der Waals surface area contributed by atoms with Gasteiger partial charge in [0.15, 0.2) is 0 Å². The third-order valence-corrected chi connectivity index (χ3v) is 2.72. The van der Waals surface area contributed by atoms with Crippen LogP contribution in [0.5, 0.6) is 0 Å². The quantitative estimate of drug-likeness (QED) is 0.738. The van der Waals surface area contributed by atoms with Crippen LogP contribution in [0.3, 0.4) is 0 Å². The minimum atomic E-state index is -0.471. The van der Waals surface area contributed by atoms with E-state index in [2.05, 4.69) is 29.1 Å². The minimum absolute atomic E-state index is 0.471. The van der Waals surface area contributed by atoms with Gasteiger partial charge in [0.1, 0.15) is 0 Å². The Morgan fingerprint density at radius 2 is 2.18 bits per heavy atom. The van der Waals surface area contributed by atoms with E-state index >= 15 is 0 Å². The van der Waals surface area contributed by atoms with E-state index in [1.807, 2.05) is 18.2 Å². The van der Waals surface area contributed by atoms with Crippen molar-refractivity contribution in [2.75, 3.05) is 13.1 Å². The number of benzene rings is 1. The Morgan fingerprint density at radius 1 is 1.35 bits per heavy atom. The van der Waals surface area contributed by atoms with Crippen molar-refractivity contribution in [1.82, 2.24) is 15.3 Å². The SMILES string of the molecule is CC(C)CNC[C@H](O)c1ccc2nc[nH]c2c1. The van der Waals surface area contributed by atoms with Crippen molar-refractivity contribution in [3.05, 3.63) is 30.1 Å². The molecule has 0 bridgehead atoms. The Balaban J connectivity index is 2.00. The summed E-state index contributed by atoms with van der Waals surface area (Å²) in [5, 5.41) is 13.3. The number of aromatic amines is 1. The van der Waals surface area contributed by atoms with Crippen molar-refractivity contribution in [2.45, 2.75) is 20.0 Å². The number of H-pyrrole nitrogens is 1. The van der Waals surface area contributed by atoms with Gasteiger partial charge in [-0.25, -0.2) is 4.98 Å². The van der Waals surface area contributed by atoms with Gasteiger partial charge in [-0.05, 0) is 30.2 Å². The van der Waals surface area contributed by atoms with E-state index in [9.17, 15) is 5.11 Å². The van der Waals surface area contributed by atoms with Gasteiger partial charge >= 0.3 is 0 Å². The Labute approximate surface area is 101 Å². The van der Waals surface area contributed by atoms with E-state index in [1.165, 1.54) is 0 Å². The van der Waals surface area contributed by atoms with Crippen LogP contribution >= 0.6 is 0 Å². The van der Waals surface area contributed by atoms with Gasteiger partial charge in [0.05, 0.1) is 23.5 Å². The van der Waals surface area contributed by atoms with Crippen LogP contribution in [0.15, 0.2) is 24.5 Å². The topological polar surface area (TPSA) is 60.9 Å². The monoisotopic (exact) mass is 233 g/mol. The third-order valence-electron chi connectivity index (χ3n) is 2.72. The number of imidazole rings is 1. The molecule has 0 aliphatic rings. The molecule has 4 heteroatoms. The Bertz CT molecular complexity index is 478. The second-order valence-corrected chi connectivity index (χ2v) is 4.75. The summed E-state index contributed by atoms with van der Waals surface area (Å²) in [4.78, 5) is 7.20. The molecule has 0 spiro atoms. The minimum Gasteiger partial charge on any atom is -0.387 e. The first-order chi connectivity index (χ1) is 8.16. The van der Waals surface area contributed by atoms with Crippen LogP contribution in [-0.4, -0.2) is 28.2 Å². The molecule has 4 nitrogen and oxygen atoms in total. The maximum Gasteiger partial charge on any atom is 0.0931 e. The van der Waals surface area contributed by atoms with Crippen molar-refractivity contribution in [3.63, 3.8) is 0 Å². The first-order valence-electron chi connectivity index (χ1n) is 5.98. The van der Waals surface area contributed by atoms with Gasteiger partial charge in [0.25, 0.3) is 0 Å². The number of fused-ring (bicyclic) bond motifs is 1. The molecule has 1 aromatic heterocycles. The first kappa shape index (κ1) is 12.1. The standard InChI is InChI=1S/C13H19N3O/c1-9(2)6-14-7-13(17)10-3-4-11-12(5-10)16-8-15-11/h3-5,8-9,13-14,17H,6-7H2,1-2H3,(H,15,16)/t13-/m0/s1. The summed E-state index contributed by atoms with van der Waals surface area (Å²) < 4.78 is 0. The molecule has 1 atom stereocenters. The summed E-state index contributed by atoms with van der Waals surface area (Å²) in [6.45, 7) is 5.80. The normalized spacial score (nSPS) is 13.4. The number of hydrogen-bond acceptors (Lipinski definition) is 3. The van der Waals surface area contributed by atoms with Crippen molar-refractivity contribution in [2.24, 2.45) is 5.92 Å². The maximum absolute atomic E-state index is 10.0. The molecule has 0 aliphatic carbocycles. The van der Waals surface area contributed by atoms with Crippen LogP contribution in [0.2, 0.25) is 0 Å². The molecular formula is C13H19N3O. The van der Waals surface area contributed by atoms with Crippen LogP contribution in [0.1, 0.15) is 25.5 Å². The number of nitrogens with zero attached hydrogens (tertiary/aromatic N) is 1. The zero-order valence-corrected chi connectivity index (χ0v) is 10.3. The second-order valence-electron chi connectivity index (χ2n) is 4.75. The molecule has 0 fully saturated rings. The molecule has 0 unspecified atom stereocenters. The zero-order chi connectivity index (χ0) is 12.3. The van der Waals surface area contributed by atoms with E-state index in [-0.39, 0.29) is 0 Å². The van der Waals surface area contributed by atoms with E-state index in [0.717, 1.165) is 23.1 Å². The average molecular weight is 233 g/mol. The van der Waals surface area contributed by atoms with Gasteiger partial charge in [0, 0.05) is 6.54 Å². The summed E-state index contributed by atoms with van der Waals surface area (Å²) in [6.07, 6.45) is 1.19. The van der Waals surface area contributed by atoms with Crippen LogP contribution in [0, 0.1) is 5.92 Å². The number of hydrogen-bond donors (Lipinski definition) is 3. The number of nitrogens with one attached hydrogen (secondary N) is 2. The number of rotatable bonds is 5.